The number of hydrogen-bond donors (Lipinski definition) is 1. The Bertz CT molecular complexity index is 863. The number of thioether (sulfide) groups is 1. The minimum atomic E-state index is 0.635. The van der Waals surface area contributed by atoms with E-state index < -0.39 is 0 Å². The molecule has 3 aliphatic rings. The van der Waals surface area contributed by atoms with Crippen molar-refractivity contribution in [3.63, 3.8) is 0 Å². The molecule has 1 N–H and O–H groups in total. The van der Waals surface area contributed by atoms with E-state index in [1.165, 1.54) is 41.3 Å². The van der Waals surface area contributed by atoms with Crippen LogP contribution in [-0.4, -0.2) is 31.4 Å². The van der Waals surface area contributed by atoms with E-state index in [4.69, 9.17) is 11.6 Å². The van der Waals surface area contributed by atoms with Gasteiger partial charge in [0, 0.05) is 35.0 Å². The van der Waals surface area contributed by atoms with Crippen LogP contribution >= 0.6 is 23.4 Å². The molecule has 0 amide bonds. The maximum Gasteiger partial charge on any atom is 0.0544 e. The lowest BCUT2D eigenvalue weighted by atomic mass is 9.89. The zero-order valence-electron chi connectivity index (χ0n) is 14.7. The van der Waals surface area contributed by atoms with Gasteiger partial charge in [-0.25, -0.2) is 0 Å². The second-order valence-corrected chi connectivity index (χ2v) is 8.98. The molecule has 26 heavy (non-hydrogen) atoms. The van der Waals surface area contributed by atoms with Gasteiger partial charge in [0.15, 0.2) is 0 Å². The molecule has 1 fully saturated rings. The highest BCUT2D eigenvalue weighted by molar-refractivity contribution is 7.99. The molecule has 2 aromatic rings. The van der Waals surface area contributed by atoms with E-state index in [9.17, 15) is 0 Å². The largest absolute Gasteiger partial charge is 0.367 e. The quantitative estimate of drug-likeness (QED) is 0.712. The highest BCUT2D eigenvalue weighted by atomic mass is 35.5. The van der Waals surface area contributed by atoms with E-state index in [2.05, 4.69) is 40.6 Å². The fraction of sp³-hybridized carbons (Fsp3) is 0.364. The van der Waals surface area contributed by atoms with Crippen molar-refractivity contribution in [3.8, 4) is 0 Å². The standard InChI is InChI=1S/C22H23ClN2S/c23-17-4-1-3-15(11-17)5-6-16-12-18-19-14-24-8-7-20(19)25-9-2-10-26-21(13-16)22(18)25/h1,3-6,11-13,19-20,24H,2,7-10,14H2/b6-5+/t19-,20-/m0/s1. The molecule has 0 aliphatic carbocycles. The third kappa shape index (κ3) is 2.96. The molecule has 0 bridgehead atoms. The van der Waals surface area contributed by atoms with Crippen molar-refractivity contribution >= 4 is 41.2 Å². The van der Waals surface area contributed by atoms with Crippen LogP contribution in [0.2, 0.25) is 5.02 Å². The molecule has 0 spiro atoms. The number of fused-ring (bicyclic) bond motifs is 3. The van der Waals surface area contributed by atoms with Crippen LogP contribution in [0.3, 0.4) is 0 Å². The molecule has 3 heterocycles. The van der Waals surface area contributed by atoms with E-state index in [1.807, 2.05) is 30.0 Å². The third-order valence-electron chi connectivity index (χ3n) is 5.78. The number of nitrogens with one attached hydrogen (secondary N) is 1. The zero-order chi connectivity index (χ0) is 17.5. The van der Waals surface area contributed by atoms with Gasteiger partial charge in [0.05, 0.1) is 5.69 Å². The highest BCUT2D eigenvalue weighted by Crippen LogP contribution is 2.50. The number of anilines is 1. The van der Waals surface area contributed by atoms with E-state index in [-0.39, 0.29) is 0 Å². The van der Waals surface area contributed by atoms with Crippen molar-refractivity contribution in [2.75, 3.05) is 30.3 Å². The molecule has 2 atom stereocenters. The van der Waals surface area contributed by atoms with Crippen LogP contribution in [0.4, 0.5) is 5.69 Å². The Hall–Kier alpha value is -1.42. The van der Waals surface area contributed by atoms with Crippen LogP contribution in [0.1, 0.15) is 35.4 Å². The van der Waals surface area contributed by atoms with Crippen molar-refractivity contribution in [1.29, 1.82) is 0 Å². The summed E-state index contributed by atoms with van der Waals surface area (Å²) in [5.74, 6) is 1.86. The van der Waals surface area contributed by atoms with Crippen molar-refractivity contribution in [1.82, 2.24) is 5.32 Å². The molecule has 0 radical (unpaired) electrons. The van der Waals surface area contributed by atoms with Crippen LogP contribution < -0.4 is 10.2 Å². The Morgan fingerprint density at radius 3 is 3.00 bits per heavy atom. The Balaban J connectivity index is 1.55. The molecule has 0 unspecified atom stereocenters. The molecule has 2 aromatic carbocycles. The average Bonchev–Trinajstić information content (AvgIpc) is 2.82. The van der Waals surface area contributed by atoms with Crippen molar-refractivity contribution in [3.05, 3.63) is 58.1 Å². The normalized spacial score (nSPS) is 24.4. The molecule has 1 saturated heterocycles. The van der Waals surface area contributed by atoms with Gasteiger partial charge >= 0.3 is 0 Å². The second-order valence-electron chi connectivity index (χ2n) is 7.41. The summed E-state index contributed by atoms with van der Waals surface area (Å²) in [4.78, 5) is 4.20. The van der Waals surface area contributed by atoms with Gasteiger partial charge in [0.2, 0.25) is 0 Å². The van der Waals surface area contributed by atoms with E-state index >= 15 is 0 Å². The van der Waals surface area contributed by atoms with Crippen molar-refractivity contribution in [2.24, 2.45) is 0 Å². The lowest BCUT2D eigenvalue weighted by molar-refractivity contribution is 0.403. The summed E-state index contributed by atoms with van der Waals surface area (Å²) < 4.78 is 0. The molecule has 0 saturated carbocycles. The SMILES string of the molecule is Clc1cccc(/C=C/c2cc3c4c(c2)[C@@H]2CNCC[C@@H]2N4CCCS3)c1. The summed E-state index contributed by atoms with van der Waals surface area (Å²) in [5, 5.41) is 4.40. The second kappa shape index (κ2) is 6.95. The number of benzene rings is 2. The third-order valence-corrected chi connectivity index (χ3v) is 7.13. The Morgan fingerprint density at radius 2 is 2.08 bits per heavy atom. The minimum Gasteiger partial charge on any atom is -0.367 e. The minimum absolute atomic E-state index is 0.635. The van der Waals surface area contributed by atoms with Gasteiger partial charge in [-0.1, -0.05) is 35.9 Å². The zero-order valence-corrected chi connectivity index (χ0v) is 16.3. The van der Waals surface area contributed by atoms with E-state index in [1.54, 1.807) is 5.56 Å². The van der Waals surface area contributed by atoms with Crippen molar-refractivity contribution < 1.29 is 0 Å². The fourth-order valence-corrected chi connectivity index (χ4v) is 5.93. The van der Waals surface area contributed by atoms with Gasteiger partial charge in [-0.3, -0.25) is 0 Å². The maximum atomic E-state index is 6.12. The summed E-state index contributed by atoms with van der Waals surface area (Å²) in [6.07, 6.45) is 6.95. The summed E-state index contributed by atoms with van der Waals surface area (Å²) >= 11 is 8.15. The Labute approximate surface area is 164 Å². The molecular formula is C22H23ClN2S. The summed E-state index contributed by atoms with van der Waals surface area (Å²) in [7, 11) is 0. The number of halogens is 1. The van der Waals surface area contributed by atoms with Gasteiger partial charge in [0.1, 0.15) is 0 Å². The van der Waals surface area contributed by atoms with Crippen LogP contribution in [0.25, 0.3) is 12.2 Å². The maximum absolute atomic E-state index is 6.12. The first-order valence-electron chi connectivity index (χ1n) is 9.51. The first kappa shape index (κ1) is 16.7. The average molecular weight is 383 g/mol. The molecule has 3 aliphatic heterocycles. The molecule has 0 aromatic heterocycles. The molecular weight excluding hydrogens is 360 g/mol. The molecule has 134 valence electrons. The number of rotatable bonds is 2. The van der Waals surface area contributed by atoms with Crippen molar-refractivity contribution in [2.45, 2.75) is 29.7 Å². The number of piperidine rings is 1. The van der Waals surface area contributed by atoms with Crippen LogP contribution in [0, 0.1) is 0 Å². The van der Waals surface area contributed by atoms with E-state index in [0.717, 1.165) is 23.7 Å². The van der Waals surface area contributed by atoms with Gasteiger partial charge in [-0.05, 0) is 66.1 Å². The number of nitrogens with zero attached hydrogens (tertiary/aromatic N) is 1. The van der Waals surface area contributed by atoms with Gasteiger partial charge in [-0.2, -0.15) is 0 Å². The monoisotopic (exact) mass is 382 g/mol. The first-order valence-corrected chi connectivity index (χ1v) is 10.9. The van der Waals surface area contributed by atoms with E-state index in [0.29, 0.717) is 12.0 Å². The molecule has 4 heteroatoms. The summed E-state index contributed by atoms with van der Waals surface area (Å²) in [5.41, 5.74) is 5.54. The predicted octanol–water partition coefficient (Wildman–Crippen LogP) is 5.27. The van der Waals surface area contributed by atoms with Crippen LogP contribution in [0.15, 0.2) is 41.3 Å². The molecule has 5 rings (SSSR count). The predicted molar refractivity (Wildman–Crippen MR) is 114 cm³/mol. The first-order chi connectivity index (χ1) is 12.8. The lowest BCUT2D eigenvalue weighted by Crippen LogP contribution is -2.44. The fourth-order valence-electron chi connectivity index (χ4n) is 4.65. The molecule has 2 nitrogen and oxygen atoms in total. The highest BCUT2D eigenvalue weighted by Gasteiger charge is 2.41. The smallest absolute Gasteiger partial charge is 0.0544 e. The summed E-state index contributed by atoms with van der Waals surface area (Å²) in [6.45, 7) is 3.47. The van der Waals surface area contributed by atoms with Gasteiger partial charge in [-0.15, -0.1) is 11.8 Å². The Kier molecular flexibility index (Phi) is 4.48. The van der Waals surface area contributed by atoms with Gasteiger partial charge < -0.3 is 10.2 Å². The van der Waals surface area contributed by atoms with Gasteiger partial charge in [0.25, 0.3) is 0 Å². The Morgan fingerprint density at radius 1 is 1.15 bits per heavy atom. The topological polar surface area (TPSA) is 15.3 Å². The summed E-state index contributed by atoms with van der Waals surface area (Å²) in [6, 6.07) is 13.5. The number of hydrogen-bond acceptors (Lipinski definition) is 3. The lowest BCUT2D eigenvalue weighted by Gasteiger charge is -2.33. The van der Waals surface area contributed by atoms with Crippen LogP contribution in [0.5, 0.6) is 0 Å². The van der Waals surface area contributed by atoms with Crippen LogP contribution in [-0.2, 0) is 0 Å².